The van der Waals surface area contributed by atoms with Crippen LogP contribution in [0.25, 0.3) is 0 Å². The second-order valence-electron chi connectivity index (χ2n) is 1.61. The third-order valence-corrected chi connectivity index (χ3v) is 2.64. The van der Waals surface area contributed by atoms with E-state index in [1.165, 1.54) is 0 Å². The minimum atomic E-state index is 1.01. The number of halogens is 2. The molecule has 0 saturated carbocycles. The highest BCUT2D eigenvalue weighted by atomic mass is 79.9. The van der Waals surface area contributed by atoms with E-state index in [0.717, 1.165) is 14.8 Å². The van der Waals surface area contributed by atoms with E-state index in [9.17, 15) is 0 Å². The highest BCUT2D eigenvalue weighted by Crippen LogP contribution is 2.22. The fourth-order valence-corrected chi connectivity index (χ4v) is 1.39. The van der Waals surface area contributed by atoms with Crippen LogP contribution in [-0.2, 0) is 0 Å². The molecule has 1 N–H and O–H groups in total. The molecule has 0 saturated heterocycles. The molecule has 0 aromatic carbocycles. The molecule has 0 fully saturated rings. The number of hydrogen-bond donors (Lipinski definition) is 1. The van der Waals surface area contributed by atoms with E-state index in [4.69, 9.17) is 0 Å². The van der Waals surface area contributed by atoms with Crippen molar-refractivity contribution in [2.75, 3.05) is 0 Å². The zero-order valence-electron chi connectivity index (χ0n) is 4.33. The zero-order valence-corrected chi connectivity index (χ0v) is 7.51. The topological polar surface area (TPSA) is 15.8 Å². The molecule has 0 unspecified atom stereocenters. The first kappa shape index (κ1) is 6.36. The van der Waals surface area contributed by atoms with Gasteiger partial charge in [-0.25, -0.2) is 0 Å². The van der Waals surface area contributed by atoms with Crippen molar-refractivity contribution in [1.29, 1.82) is 0 Å². The van der Waals surface area contributed by atoms with Crippen molar-refractivity contribution in [3.8, 4) is 0 Å². The van der Waals surface area contributed by atoms with Crippen LogP contribution in [0.15, 0.2) is 15.1 Å². The molecule has 0 radical (unpaired) electrons. The predicted molar refractivity (Wildman–Crippen MR) is 40.9 cm³/mol. The Hall–Kier alpha value is 0.240. The fourth-order valence-electron chi connectivity index (χ4n) is 0.522. The Kier molecular flexibility index (Phi) is 1.77. The van der Waals surface area contributed by atoms with Crippen LogP contribution < -0.4 is 0 Å². The largest absolute Gasteiger partial charge is 0.353 e. The normalized spacial score (nSPS) is 9.88. The minimum absolute atomic E-state index is 1.01. The van der Waals surface area contributed by atoms with Crippen molar-refractivity contribution in [2.24, 2.45) is 0 Å². The van der Waals surface area contributed by atoms with Crippen molar-refractivity contribution in [1.82, 2.24) is 4.98 Å². The van der Waals surface area contributed by atoms with E-state index in [1.54, 1.807) is 0 Å². The van der Waals surface area contributed by atoms with Crippen molar-refractivity contribution < 1.29 is 0 Å². The highest BCUT2D eigenvalue weighted by Gasteiger charge is 1.95. The van der Waals surface area contributed by atoms with Gasteiger partial charge in [0.15, 0.2) is 0 Å². The van der Waals surface area contributed by atoms with Crippen LogP contribution in [0.4, 0.5) is 0 Å². The first-order chi connectivity index (χ1) is 3.70. The van der Waals surface area contributed by atoms with Gasteiger partial charge in [0.2, 0.25) is 0 Å². The Labute approximate surface area is 64.7 Å². The van der Waals surface area contributed by atoms with Gasteiger partial charge in [0.1, 0.15) is 0 Å². The molecule has 1 rings (SSSR count). The summed E-state index contributed by atoms with van der Waals surface area (Å²) in [6.45, 7) is 2.01. The lowest BCUT2D eigenvalue weighted by atomic mass is 10.5. The van der Waals surface area contributed by atoms with E-state index in [-0.39, 0.29) is 0 Å². The fraction of sp³-hybridized carbons (Fsp3) is 0.200. The molecule has 3 heteroatoms. The van der Waals surface area contributed by atoms with E-state index in [1.807, 2.05) is 13.0 Å². The molecule has 0 aliphatic heterocycles. The number of rotatable bonds is 0. The predicted octanol–water partition coefficient (Wildman–Crippen LogP) is 2.85. The standard InChI is InChI=1S/C5H5Br2N/c1-3-2-4(6)5(7)8-3/h2,8H,1H3. The first-order valence-corrected chi connectivity index (χ1v) is 3.79. The molecule has 1 aromatic rings. The van der Waals surface area contributed by atoms with E-state index < -0.39 is 0 Å². The molecule has 0 atom stereocenters. The molecule has 0 bridgehead atoms. The lowest BCUT2D eigenvalue weighted by molar-refractivity contribution is 1.24. The molecular formula is C5H5Br2N. The van der Waals surface area contributed by atoms with Crippen LogP contribution in [-0.4, -0.2) is 4.98 Å². The summed E-state index contributed by atoms with van der Waals surface area (Å²) >= 11 is 6.65. The van der Waals surface area contributed by atoms with Crippen LogP contribution in [0.1, 0.15) is 5.69 Å². The first-order valence-electron chi connectivity index (χ1n) is 2.21. The zero-order chi connectivity index (χ0) is 6.15. The van der Waals surface area contributed by atoms with Crippen LogP contribution in [0.2, 0.25) is 0 Å². The maximum absolute atomic E-state index is 3.34. The minimum Gasteiger partial charge on any atom is -0.353 e. The molecule has 8 heavy (non-hydrogen) atoms. The van der Waals surface area contributed by atoms with Gasteiger partial charge < -0.3 is 4.98 Å². The molecule has 0 aliphatic rings. The van der Waals surface area contributed by atoms with Gasteiger partial charge in [0, 0.05) is 10.2 Å². The van der Waals surface area contributed by atoms with E-state index in [2.05, 4.69) is 36.8 Å². The highest BCUT2D eigenvalue weighted by molar-refractivity contribution is 9.13. The molecular weight excluding hydrogens is 234 g/mol. The van der Waals surface area contributed by atoms with Gasteiger partial charge in [0.05, 0.1) is 4.60 Å². The maximum Gasteiger partial charge on any atom is 0.0966 e. The van der Waals surface area contributed by atoms with E-state index in [0.29, 0.717) is 0 Å². The maximum atomic E-state index is 3.34. The Morgan fingerprint density at radius 3 is 2.25 bits per heavy atom. The third-order valence-electron chi connectivity index (χ3n) is 0.860. The van der Waals surface area contributed by atoms with Gasteiger partial charge in [-0.15, -0.1) is 0 Å². The Balaban J connectivity index is 3.14. The summed E-state index contributed by atoms with van der Waals surface area (Å²) in [5.41, 5.74) is 1.16. The third kappa shape index (κ3) is 1.14. The number of hydrogen-bond acceptors (Lipinski definition) is 0. The molecule has 1 aromatic heterocycles. The molecule has 1 heterocycles. The summed E-state index contributed by atoms with van der Waals surface area (Å²) in [6, 6.07) is 2.02. The number of aromatic nitrogens is 1. The van der Waals surface area contributed by atoms with Crippen LogP contribution in [0, 0.1) is 6.92 Å². The Morgan fingerprint density at radius 1 is 1.50 bits per heavy atom. The van der Waals surface area contributed by atoms with Crippen molar-refractivity contribution >= 4 is 31.9 Å². The average Bonchev–Trinajstić information content (AvgIpc) is 1.85. The lowest BCUT2D eigenvalue weighted by Gasteiger charge is -1.77. The smallest absolute Gasteiger partial charge is 0.0966 e. The molecule has 0 aliphatic carbocycles. The number of aryl methyl sites for hydroxylation is 1. The van der Waals surface area contributed by atoms with Gasteiger partial charge in [-0.3, -0.25) is 0 Å². The van der Waals surface area contributed by atoms with Crippen LogP contribution >= 0.6 is 31.9 Å². The van der Waals surface area contributed by atoms with Gasteiger partial charge in [-0.05, 0) is 44.8 Å². The van der Waals surface area contributed by atoms with Gasteiger partial charge in [-0.2, -0.15) is 0 Å². The summed E-state index contributed by atoms with van der Waals surface area (Å²) in [6.07, 6.45) is 0. The summed E-state index contributed by atoms with van der Waals surface area (Å²) in [5.74, 6) is 0. The van der Waals surface area contributed by atoms with Gasteiger partial charge >= 0.3 is 0 Å². The second kappa shape index (κ2) is 2.23. The van der Waals surface area contributed by atoms with Gasteiger partial charge in [0.25, 0.3) is 0 Å². The molecule has 0 spiro atoms. The Bertz CT molecular complexity index is 173. The second-order valence-corrected chi connectivity index (χ2v) is 3.26. The summed E-state index contributed by atoms with van der Waals surface area (Å²) in [5, 5.41) is 0. The van der Waals surface area contributed by atoms with Crippen molar-refractivity contribution in [2.45, 2.75) is 6.92 Å². The summed E-state index contributed by atoms with van der Waals surface area (Å²) in [7, 11) is 0. The summed E-state index contributed by atoms with van der Waals surface area (Å²) in [4.78, 5) is 3.08. The molecule has 44 valence electrons. The number of aromatic amines is 1. The average molecular weight is 239 g/mol. The number of nitrogens with one attached hydrogen (secondary N) is 1. The Morgan fingerprint density at radius 2 is 2.12 bits per heavy atom. The quantitative estimate of drug-likeness (QED) is 0.716. The van der Waals surface area contributed by atoms with Gasteiger partial charge in [-0.1, -0.05) is 0 Å². The molecule has 1 nitrogen and oxygen atoms in total. The van der Waals surface area contributed by atoms with Crippen molar-refractivity contribution in [3.63, 3.8) is 0 Å². The van der Waals surface area contributed by atoms with E-state index >= 15 is 0 Å². The van der Waals surface area contributed by atoms with Crippen LogP contribution in [0.3, 0.4) is 0 Å². The van der Waals surface area contributed by atoms with Crippen molar-refractivity contribution in [3.05, 3.63) is 20.8 Å². The van der Waals surface area contributed by atoms with Crippen LogP contribution in [0.5, 0.6) is 0 Å². The monoisotopic (exact) mass is 237 g/mol. The number of H-pyrrole nitrogens is 1. The SMILES string of the molecule is Cc1cc(Br)c(Br)[nH]1. The molecule has 0 amide bonds. The summed E-state index contributed by atoms with van der Waals surface area (Å²) < 4.78 is 2.09. The lowest BCUT2D eigenvalue weighted by Crippen LogP contribution is -1.63.